The highest BCUT2D eigenvalue weighted by atomic mass is 16.5. The molecule has 0 aliphatic rings. The smallest absolute Gasteiger partial charge is 0.208 e. The molecule has 0 atom stereocenters. The van der Waals surface area contributed by atoms with Gasteiger partial charge in [0.1, 0.15) is 11.5 Å². The number of hydrogen-bond acceptors (Lipinski definition) is 6. The number of benzene rings is 2. The molecule has 0 spiro atoms. The van der Waals surface area contributed by atoms with Gasteiger partial charge >= 0.3 is 0 Å². The second kappa shape index (κ2) is 8.02. The number of aryl methyl sites for hydroxylation is 2. The highest BCUT2D eigenvalue weighted by Crippen LogP contribution is 2.28. The molecule has 7 nitrogen and oxygen atoms in total. The van der Waals surface area contributed by atoms with E-state index in [2.05, 4.69) is 34.5 Å². The number of imidazole rings is 1. The van der Waals surface area contributed by atoms with E-state index in [0.717, 1.165) is 29.1 Å². The van der Waals surface area contributed by atoms with Gasteiger partial charge in [-0.2, -0.15) is 0 Å². The van der Waals surface area contributed by atoms with E-state index < -0.39 is 0 Å². The van der Waals surface area contributed by atoms with Crippen molar-refractivity contribution in [2.45, 2.75) is 13.3 Å². The molecule has 4 rings (SSSR count). The van der Waals surface area contributed by atoms with E-state index in [1.165, 1.54) is 11.8 Å². The molecule has 0 aliphatic carbocycles. The number of aromatic nitrogens is 3. The number of pyridine rings is 1. The summed E-state index contributed by atoms with van der Waals surface area (Å²) in [5.74, 6) is 2.02. The standard InChI is InChI=1S/C22H21N5O2/c1-3-15-5-4-6-16(11-15)25-22-26-20-13-18(7-8-21(20)27(22)2)29-19-9-10-23-17(12-19)14-24-28/h4-14,28H,3H2,1-2H3,(H,25,26). The Kier molecular flexibility index (Phi) is 5.11. The van der Waals surface area contributed by atoms with Crippen LogP contribution in [0.3, 0.4) is 0 Å². The van der Waals surface area contributed by atoms with Gasteiger partial charge in [-0.3, -0.25) is 4.98 Å². The average molecular weight is 387 g/mol. The zero-order valence-electron chi connectivity index (χ0n) is 16.2. The lowest BCUT2D eigenvalue weighted by atomic mass is 10.1. The first-order chi connectivity index (χ1) is 14.2. The first-order valence-corrected chi connectivity index (χ1v) is 9.30. The van der Waals surface area contributed by atoms with Crippen LogP contribution in [0, 0.1) is 0 Å². The third-order valence-electron chi connectivity index (χ3n) is 4.62. The molecule has 29 heavy (non-hydrogen) atoms. The topological polar surface area (TPSA) is 84.6 Å². The Balaban J connectivity index is 1.60. The normalized spacial score (nSPS) is 11.2. The monoisotopic (exact) mass is 387 g/mol. The van der Waals surface area contributed by atoms with Crippen LogP contribution < -0.4 is 10.1 Å². The number of ether oxygens (including phenoxy) is 1. The maximum absolute atomic E-state index is 8.65. The van der Waals surface area contributed by atoms with Crippen molar-refractivity contribution in [3.8, 4) is 11.5 Å². The van der Waals surface area contributed by atoms with Crippen LogP contribution in [0.25, 0.3) is 11.0 Å². The lowest BCUT2D eigenvalue weighted by molar-refractivity contribution is 0.321. The van der Waals surface area contributed by atoms with Crippen LogP contribution >= 0.6 is 0 Å². The van der Waals surface area contributed by atoms with Crippen molar-refractivity contribution in [2.24, 2.45) is 12.2 Å². The minimum absolute atomic E-state index is 0.504. The molecule has 2 aromatic heterocycles. The van der Waals surface area contributed by atoms with Gasteiger partial charge in [0.15, 0.2) is 0 Å². The third kappa shape index (κ3) is 4.03. The average Bonchev–Trinajstić information content (AvgIpc) is 3.03. The van der Waals surface area contributed by atoms with Crippen LogP contribution in [0.5, 0.6) is 11.5 Å². The van der Waals surface area contributed by atoms with Crippen LogP contribution in [0.15, 0.2) is 65.9 Å². The fraction of sp³-hybridized carbons (Fsp3) is 0.136. The van der Waals surface area contributed by atoms with Crippen molar-refractivity contribution in [1.29, 1.82) is 0 Å². The van der Waals surface area contributed by atoms with Crippen molar-refractivity contribution in [3.05, 3.63) is 72.1 Å². The van der Waals surface area contributed by atoms with Gasteiger partial charge < -0.3 is 19.8 Å². The first-order valence-electron chi connectivity index (χ1n) is 9.30. The van der Waals surface area contributed by atoms with E-state index in [1.54, 1.807) is 18.3 Å². The van der Waals surface area contributed by atoms with Gasteiger partial charge in [-0.25, -0.2) is 4.98 Å². The molecule has 0 aliphatic heterocycles. The molecule has 2 heterocycles. The summed E-state index contributed by atoms with van der Waals surface area (Å²) >= 11 is 0. The Labute approximate surface area is 168 Å². The zero-order chi connectivity index (χ0) is 20.2. The highest BCUT2D eigenvalue weighted by molar-refractivity contribution is 5.81. The van der Waals surface area contributed by atoms with Crippen LogP contribution in [-0.4, -0.2) is 26.0 Å². The summed E-state index contributed by atoms with van der Waals surface area (Å²) in [6, 6.07) is 17.5. The summed E-state index contributed by atoms with van der Waals surface area (Å²) in [6.45, 7) is 2.14. The molecular formula is C22H21N5O2. The Bertz CT molecular complexity index is 1180. The molecule has 0 unspecified atom stereocenters. The second-order valence-corrected chi connectivity index (χ2v) is 6.59. The summed E-state index contributed by atoms with van der Waals surface area (Å²) in [6.07, 6.45) is 3.83. The van der Waals surface area contributed by atoms with Crippen LogP contribution in [0.4, 0.5) is 11.6 Å². The van der Waals surface area contributed by atoms with Gasteiger partial charge in [-0.05, 0) is 42.3 Å². The van der Waals surface area contributed by atoms with Gasteiger partial charge in [-0.15, -0.1) is 0 Å². The number of fused-ring (bicyclic) bond motifs is 1. The van der Waals surface area contributed by atoms with E-state index >= 15 is 0 Å². The number of anilines is 2. The SMILES string of the molecule is CCc1cccc(Nc2nc3cc(Oc4ccnc(C=NO)c4)ccc3n2C)c1. The van der Waals surface area contributed by atoms with Gasteiger partial charge in [0.05, 0.1) is 22.9 Å². The molecule has 7 heteroatoms. The van der Waals surface area contributed by atoms with Crippen LogP contribution in [0.1, 0.15) is 18.2 Å². The zero-order valence-corrected chi connectivity index (χ0v) is 16.2. The van der Waals surface area contributed by atoms with E-state index in [0.29, 0.717) is 17.2 Å². The molecule has 2 aromatic carbocycles. The first kappa shape index (κ1) is 18.5. The summed E-state index contributed by atoms with van der Waals surface area (Å²) < 4.78 is 7.93. The van der Waals surface area contributed by atoms with Crippen molar-refractivity contribution < 1.29 is 9.94 Å². The fourth-order valence-electron chi connectivity index (χ4n) is 3.11. The van der Waals surface area contributed by atoms with E-state index in [-0.39, 0.29) is 0 Å². The lowest BCUT2D eigenvalue weighted by Gasteiger charge is -2.07. The third-order valence-corrected chi connectivity index (χ3v) is 4.62. The maximum Gasteiger partial charge on any atom is 0.208 e. The molecule has 0 saturated carbocycles. The fourth-order valence-corrected chi connectivity index (χ4v) is 3.11. The summed E-state index contributed by atoms with van der Waals surface area (Å²) in [7, 11) is 1.98. The predicted molar refractivity (Wildman–Crippen MR) is 114 cm³/mol. The van der Waals surface area contributed by atoms with Crippen molar-refractivity contribution in [1.82, 2.24) is 14.5 Å². The van der Waals surface area contributed by atoms with E-state index in [1.807, 2.05) is 41.9 Å². The Morgan fingerprint density at radius 3 is 2.83 bits per heavy atom. The molecular weight excluding hydrogens is 366 g/mol. The molecule has 146 valence electrons. The summed E-state index contributed by atoms with van der Waals surface area (Å²) in [4.78, 5) is 8.79. The largest absolute Gasteiger partial charge is 0.457 e. The van der Waals surface area contributed by atoms with Gasteiger partial charge in [-0.1, -0.05) is 24.2 Å². The molecule has 0 radical (unpaired) electrons. The number of hydrogen-bond donors (Lipinski definition) is 2. The van der Waals surface area contributed by atoms with E-state index in [9.17, 15) is 0 Å². The number of nitrogens with zero attached hydrogens (tertiary/aromatic N) is 4. The van der Waals surface area contributed by atoms with Crippen molar-refractivity contribution in [2.75, 3.05) is 5.32 Å². The van der Waals surface area contributed by atoms with Crippen molar-refractivity contribution >= 4 is 28.9 Å². The predicted octanol–water partition coefficient (Wildman–Crippen LogP) is 4.87. The molecule has 4 aromatic rings. The van der Waals surface area contributed by atoms with Crippen molar-refractivity contribution in [3.63, 3.8) is 0 Å². The summed E-state index contributed by atoms with van der Waals surface area (Å²) in [5.41, 5.74) is 4.60. The second-order valence-electron chi connectivity index (χ2n) is 6.59. The Morgan fingerprint density at radius 1 is 1.14 bits per heavy atom. The number of oxime groups is 1. The quantitative estimate of drug-likeness (QED) is 0.280. The molecule has 0 fully saturated rings. The van der Waals surface area contributed by atoms with Gasteiger partial charge in [0, 0.05) is 31.1 Å². The molecule has 0 saturated heterocycles. The van der Waals surface area contributed by atoms with Crippen LogP contribution in [0.2, 0.25) is 0 Å². The Morgan fingerprint density at radius 2 is 2.00 bits per heavy atom. The lowest BCUT2D eigenvalue weighted by Crippen LogP contribution is -1.99. The molecule has 0 amide bonds. The molecule has 2 N–H and O–H groups in total. The Hall–Kier alpha value is -3.87. The number of rotatable bonds is 6. The van der Waals surface area contributed by atoms with Gasteiger partial charge in [0.2, 0.25) is 5.95 Å². The molecule has 0 bridgehead atoms. The minimum Gasteiger partial charge on any atom is -0.457 e. The van der Waals surface area contributed by atoms with Crippen LogP contribution in [-0.2, 0) is 13.5 Å². The highest BCUT2D eigenvalue weighted by Gasteiger charge is 2.10. The summed E-state index contributed by atoms with van der Waals surface area (Å²) in [5, 5.41) is 15.0. The minimum atomic E-state index is 0.504. The number of nitrogens with one attached hydrogen (secondary N) is 1. The van der Waals surface area contributed by atoms with Gasteiger partial charge in [0.25, 0.3) is 0 Å². The van der Waals surface area contributed by atoms with E-state index in [4.69, 9.17) is 14.9 Å². The maximum atomic E-state index is 8.65.